The van der Waals surface area contributed by atoms with Gasteiger partial charge in [-0.15, -0.1) is 0 Å². The van der Waals surface area contributed by atoms with Gasteiger partial charge in [0.15, 0.2) is 0 Å². The van der Waals surface area contributed by atoms with Crippen molar-refractivity contribution < 1.29 is 9.53 Å². The molecule has 2 aromatic rings. The van der Waals surface area contributed by atoms with E-state index < -0.39 is 0 Å². The molecule has 3 atom stereocenters. The molecule has 0 radical (unpaired) electrons. The van der Waals surface area contributed by atoms with Gasteiger partial charge in [0.1, 0.15) is 5.75 Å². The van der Waals surface area contributed by atoms with Gasteiger partial charge in [0.05, 0.1) is 0 Å². The second-order valence-corrected chi connectivity index (χ2v) is 7.42. The maximum Gasteiger partial charge on any atom is 0.278 e. The molecule has 2 bridgehead atoms. The van der Waals surface area contributed by atoms with Crippen molar-refractivity contribution in [2.75, 3.05) is 0 Å². The van der Waals surface area contributed by atoms with E-state index >= 15 is 0 Å². The molecule has 1 aromatic heterocycles. The van der Waals surface area contributed by atoms with E-state index in [-0.39, 0.29) is 11.9 Å². The van der Waals surface area contributed by atoms with Gasteiger partial charge >= 0.3 is 0 Å². The zero-order valence-corrected chi connectivity index (χ0v) is 13.7. The molecule has 2 aliphatic heterocycles. The summed E-state index contributed by atoms with van der Waals surface area (Å²) in [5, 5.41) is 7.30. The minimum atomic E-state index is -0.0130. The first-order chi connectivity index (χ1) is 11.2. The molecule has 3 unspecified atom stereocenters. The number of nitrogens with one attached hydrogen (secondary N) is 2. The van der Waals surface area contributed by atoms with Crippen molar-refractivity contribution in [1.29, 1.82) is 0 Å². The van der Waals surface area contributed by atoms with Crippen LogP contribution in [0.15, 0.2) is 30.5 Å². The van der Waals surface area contributed by atoms with E-state index in [9.17, 15) is 4.79 Å². The number of carbonyl (C=O) groups is 1. The smallest absolute Gasteiger partial charge is 0.278 e. The molecule has 6 heteroatoms. The second-order valence-electron chi connectivity index (χ2n) is 6.23. The number of nitrogens with zero attached hydrogens (tertiary/aromatic N) is 1. The van der Waals surface area contributed by atoms with Crippen LogP contribution < -0.4 is 15.4 Å². The summed E-state index contributed by atoms with van der Waals surface area (Å²) < 4.78 is 5.67. The number of hydrogen-bond acceptors (Lipinski definition) is 5. The normalized spacial score (nSPS) is 25.5. The molecule has 2 N–H and O–H groups in total. The summed E-state index contributed by atoms with van der Waals surface area (Å²) in [7, 11) is 0. The first-order valence-electron chi connectivity index (χ1n) is 7.94. The van der Waals surface area contributed by atoms with Crippen LogP contribution in [0.1, 0.15) is 34.5 Å². The van der Waals surface area contributed by atoms with Gasteiger partial charge in [0.2, 0.25) is 0 Å². The van der Waals surface area contributed by atoms with Crippen molar-refractivity contribution in [3.8, 4) is 10.9 Å². The third-order valence-corrected chi connectivity index (χ3v) is 5.33. The molecule has 0 spiro atoms. The highest BCUT2D eigenvalue weighted by Crippen LogP contribution is 2.29. The highest BCUT2D eigenvalue weighted by molar-refractivity contribution is 7.13. The van der Waals surface area contributed by atoms with Gasteiger partial charge in [-0.2, -0.15) is 0 Å². The van der Waals surface area contributed by atoms with Gasteiger partial charge in [-0.25, -0.2) is 4.98 Å². The Labute approximate surface area is 139 Å². The fourth-order valence-corrected chi connectivity index (χ4v) is 4.02. The zero-order valence-electron chi connectivity index (χ0n) is 12.9. The van der Waals surface area contributed by atoms with E-state index in [1.165, 1.54) is 17.8 Å². The Morgan fingerprint density at radius 3 is 2.78 bits per heavy atom. The maximum atomic E-state index is 12.4. The average Bonchev–Trinajstić information content (AvgIpc) is 3.25. The van der Waals surface area contributed by atoms with Crippen molar-refractivity contribution in [2.24, 2.45) is 0 Å². The third-order valence-electron chi connectivity index (χ3n) is 4.54. The van der Waals surface area contributed by atoms with Crippen molar-refractivity contribution in [3.63, 3.8) is 0 Å². The number of fused-ring (bicyclic) bond motifs is 2. The van der Waals surface area contributed by atoms with Crippen molar-refractivity contribution >= 4 is 17.2 Å². The average molecular weight is 329 g/mol. The van der Waals surface area contributed by atoms with Crippen LogP contribution in [-0.2, 0) is 0 Å². The lowest BCUT2D eigenvalue weighted by atomic mass is 9.95. The fraction of sp³-hybridized carbons (Fsp3) is 0.412. The highest BCUT2D eigenvalue weighted by atomic mass is 32.1. The lowest BCUT2D eigenvalue weighted by molar-refractivity contribution is 0.0931. The molecule has 0 saturated carbocycles. The largest absolute Gasteiger partial charge is 0.431 e. The van der Waals surface area contributed by atoms with Crippen LogP contribution in [0, 0.1) is 6.92 Å². The predicted octanol–water partition coefficient (Wildman–Crippen LogP) is 2.87. The molecule has 5 nitrogen and oxygen atoms in total. The molecule has 120 valence electrons. The van der Waals surface area contributed by atoms with E-state index in [1.54, 1.807) is 18.3 Å². The SMILES string of the molecule is Cc1cnc(Oc2ccc(C(=O)NC3CC4CCC3N4)cc2)s1. The zero-order chi connectivity index (χ0) is 15.8. The first kappa shape index (κ1) is 14.7. The number of ether oxygens (including phenoxy) is 1. The third kappa shape index (κ3) is 3.09. The van der Waals surface area contributed by atoms with Gasteiger partial charge in [0, 0.05) is 34.8 Å². The Kier molecular flexibility index (Phi) is 3.79. The standard InChI is InChI=1S/C17H19N3O2S/c1-10-9-18-17(23-10)22-13-5-2-11(3-6-13)16(21)20-15-8-12-4-7-14(15)19-12/h2-3,5-6,9,12,14-15,19H,4,7-8H2,1H3,(H,20,21). The summed E-state index contributed by atoms with van der Waals surface area (Å²) in [6, 6.07) is 8.51. The lowest BCUT2D eigenvalue weighted by Crippen LogP contribution is -2.42. The maximum absolute atomic E-state index is 12.4. The molecule has 2 aliphatic rings. The summed E-state index contributed by atoms with van der Waals surface area (Å²) in [4.78, 5) is 17.6. The lowest BCUT2D eigenvalue weighted by Gasteiger charge is -2.21. The van der Waals surface area contributed by atoms with E-state index in [0.717, 1.165) is 17.7 Å². The Bertz CT molecular complexity index is 713. The van der Waals surface area contributed by atoms with Gasteiger partial charge in [-0.05, 0) is 50.5 Å². The number of carbonyl (C=O) groups excluding carboxylic acids is 1. The Morgan fingerprint density at radius 2 is 2.17 bits per heavy atom. The molecular formula is C17H19N3O2S. The Morgan fingerprint density at radius 1 is 1.35 bits per heavy atom. The molecule has 23 heavy (non-hydrogen) atoms. The minimum absolute atomic E-state index is 0.0130. The number of aryl methyl sites for hydroxylation is 1. The van der Waals surface area contributed by atoms with Crippen LogP contribution >= 0.6 is 11.3 Å². The van der Waals surface area contributed by atoms with Crippen LogP contribution in [0.5, 0.6) is 10.9 Å². The Hall–Kier alpha value is -1.92. The fourth-order valence-electron chi connectivity index (χ4n) is 3.39. The minimum Gasteiger partial charge on any atom is -0.431 e. The predicted molar refractivity (Wildman–Crippen MR) is 89.2 cm³/mol. The molecule has 4 rings (SSSR count). The van der Waals surface area contributed by atoms with Crippen molar-refractivity contribution in [3.05, 3.63) is 40.9 Å². The monoisotopic (exact) mass is 329 g/mol. The van der Waals surface area contributed by atoms with Crippen LogP contribution in [0.25, 0.3) is 0 Å². The number of rotatable bonds is 4. The molecule has 1 aromatic carbocycles. The van der Waals surface area contributed by atoms with Gasteiger partial charge in [-0.1, -0.05) is 11.3 Å². The molecule has 3 heterocycles. The van der Waals surface area contributed by atoms with E-state index in [1.807, 2.05) is 19.1 Å². The van der Waals surface area contributed by atoms with Crippen molar-refractivity contribution in [2.45, 2.75) is 44.3 Å². The number of hydrogen-bond donors (Lipinski definition) is 2. The van der Waals surface area contributed by atoms with Crippen LogP contribution in [0.2, 0.25) is 0 Å². The van der Waals surface area contributed by atoms with Crippen molar-refractivity contribution in [1.82, 2.24) is 15.6 Å². The van der Waals surface area contributed by atoms with Gasteiger partial charge in [-0.3, -0.25) is 4.79 Å². The quantitative estimate of drug-likeness (QED) is 0.905. The van der Waals surface area contributed by atoms with Crippen LogP contribution in [0.4, 0.5) is 0 Å². The summed E-state index contributed by atoms with van der Waals surface area (Å²) in [5.74, 6) is 0.679. The molecular weight excluding hydrogens is 310 g/mol. The van der Waals surface area contributed by atoms with E-state index in [0.29, 0.717) is 28.6 Å². The second kappa shape index (κ2) is 5.94. The summed E-state index contributed by atoms with van der Waals surface area (Å²) >= 11 is 1.50. The molecule has 0 aliphatic carbocycles. The summed E-state index contributed by atoms with van der Waals surface area (Å²) in [5.41, 5.74) is 0.662. The number of benzene rings is 1. The first-order valence-corrected chi connectivity index (χ1v) is 8.76. The topological polar surface area (TPSA) is 63.2 Å². The summed E-state index contributed by atoms with van der Waals surface area (Å²) in [6.45, 7) is 1.99. The van der Waals surface area contributed by atoms with Gasteiger partial charge in [0.25, 0.3) is 11.1 Å². The molecule has 1 amide bonds. The number of thiazole rings is 1. The number of aromatic nitrogens is 1. The number of amides is 1. The van der Waals surface area contributed by atoms with Crippen LogP contribution in [0.3, 0.4) is 0 Å². The summed E-state index contributed by atoms with van der Waals surface area (Å²) in [6.07, 6.45) is 5.22. The highest BCUT2D eigenvalue weighted by Gasteiger charge is 2.39. The van der Waals surface area contributed by atoms with E-state index in [2.05, 4.69) is 15.6 Å². The molecule has 2 saturated heterocycles. The van der Waals surface area contributed by atoms with Crippen LogP contribution in [-0.4, -0.2) is 29.0 Å². The van der Waals surface area contributed by atoms with Gasteiger partial charge < -0.3 is 15.4 Å². The van der Waals surface area contributed by atoms with E-state index in [4.69, 9.17) is 4.74 Å². The Balaban J connectivity index is 1.38. The molecule has 2 fully saturated rings.